The van der Waals surface area contributed by atoms with Gasteiger partial charge in [0.05, 0.1) is 19.7 Å². The molecule has 0 spiro atoms. The lowest BCUT2D eigenvalue weighted by atomic mass is 10.2. The van der Waals surface area contributed by atoms with Gasteiger partial charge in [0.25, 0.3) is 5.91 Å². The fourth-order valence-electron chi connectivity index (χ4n) is 3.36. The monoisotopic (exact) mass is 488 g/mol. The molecule has 2 heterocycles. The standard InChI is InChI=1S/C21H21BrN4O5/c22-14-1-3-15(4-2-14)24-20(28)23-11-18-12-26(21(29)31-18)17-7-5-16(6-8-17)25-9-10-30-13-19(25)27/h1-8,18H,9-13H2,(H2,23,24,28)/t18-/m0/s1. The van der Waals surface area contributed by atoms with Gasteiger partial charge >= 0.3 is 12.1 Å². The zero-order chi connectivity index (χ0) is 21.8. The van der Waals surface area contributed by atoms with Gasteiger partial charge in [-0.25, -0.2) is 9.59 Å². The summed E-state index contributed by atoms with van der Waals surface area (Å²) in [6.07, 6.45) is -0.945. The van der Waals surface area contributed by atoms with Crippen LogP contribution >= 0.6 is 15.9 Å². The number of nitrogens with zero attached hydrogens (tertiary/aromatic N) is 2. The number of hydrogen-bond donors (Lipinski definition) is 2. The van der Waals surface area contributed by atoms with Crippen molar-refractivity contribution in [3.63, 3.8) is 0 Å². The predicted octanol–water partition coefficient (Wildman–Crippen LogP) is 2.96. The Kier molecular flexibility index (Phi) is 6.38. The second-order valence-corrected chi connectivity index (χ2v) is 7.99. The normalized spacial score (nSPS) is 18.7. The topological polar surface area (TPSA) is 100 Å². The van der Waals surface area contributed by atoms with E-state index in [0.717, 1.165) is 10.2 Å². The van der Waals surface area contributed by atoms with Gasteiger partial charge in [-0.05, 0) is 48.5 Å². The number of nitrogens with one attached hydrogen (secondary N) is 2. The molecule has 2 aromatic rings. The van der Waals surface area contributed by atoms with Gasteiger partial charge < -0.3 is 25.0 Å². The summed E-state index contributed by atoms with van der Waals surface area (Å²) in [5.41, 5.74) is 2.08. The van der Waals surface area contributed by atoms with Crippen LogP contribution in [0.2, 0.25) is 0 Å². The van der Waals surface area contributed by atoms with Crippen molar-refractivity contribution in [1.29, 1.82) is 0 Å². The molecule has 9 nitrogen and oxygen atoms in total. The number of anilines is 3. The minimum atomic E-state index is -0.477. The SMILES string of the molecule is O=C(NC[C@H]1CN(c2ccc(N3CCOCC3=O)cc2)C(=O)O1)Nc1ccc(Br)cc1. The third-order valence-electron chi connectivity index (χ3n) is 4.93. The smallest absolute Gasteiger partial charge is 0.414 e. The Morgan fingerprint density at radius 2 is 1.71 bits per heavy atom. The van der Waals surface area contributed by atoms with Gasteiger partial charge in [0.15, 0.2) is 0 Å². The molecule has 0 aliphatic carbocycles. The van der Waals surface area contributed by atoms with Crippen molar-refractivity contribution in [2.45, 2.75) is 6.10 Å². The van der Waals surface area contributed by atoms with E-state index in [2.05, 4.69) is 26.6 Å². The molecule has 10 heteroatoms. The van der Waals surface area contributed by atoms with Crippen LogP contribution in [0.4, 0.5) is 26.7 Å². The number of ether oxygens (including phenoxy) is 2. The van der Waals surface area contributed by atoms with Crippen molar-refractivity contribution >= 4 is 51.0 Å². The predicted molar refractivity (Wildman–Crippen MR) is 118 cm³/mol. The molecule has 2 saturated heterocycles. The van der Waals surface area contributed by atoms with Crippen molar-refractivity contribution in [1.82, 2.24) is 5.32 Å². The molecule has 4 rings (SSSR count). The Morgan fingerprint density at radius 1 is 1.03 bits per heavy atom. The number of halogens is 1. The molecule has 2 aromatic carbocycles. The maximum absolute atomic E-state index is 12.3. The number of rotatable bonds is 5. The number of carbonyl (C=O) groups excluding carboxylic acids is 3. The molecule has 2 aliphatic heterocycles. The van der Waals surface area contributed by atoms with Crippen molar-refractivity contribution in [2.24, 2.45) is 0 Å². The fourth-order valence-corrected chi connectivity index (χ4v) is 3.62. The van der Waals surface area contributed by atoms with Crippen LogP contribution in [0.5, 0.6) is 0 Å². The van der Waals surface area contributed by atoms with E-state index in [9.17, 15) is 14.4 Å². The number of urea groups is 1. The number of morpholine rings is 1. The summed E-state index contributed by atoms with van der Waals surface area (Å²) in [6.45, 7) is 1.57. The molecule has 0 radical (unpaired) electrons. The van der Waals surface area contributed by atoms with E-state index in [-0.39, 0.29) is 25.1 Å². The summed E-state index contributed by atoms with van der Waals surface area (Å²) in [4.78, 5) is 39.5. The molecule has 162 valence electrons. The van der Waals surface area contributed by atoms with Gasteiger partial charge in [-0.3, -0.25) is 9.69 Å². The van der Waals surface area contributed by atoms with E-state index in [1.807, 2.05) is 12.1 Å². The Balaban J connectivity index is 1.30. The molecular formula is C21H21BrN4O5. The Labute approximate surface area is 187 Å². The summed E-state index contributed by atoms with van der Waals surface area (Å²) in [5.74, 6) is -0.0906. The van der Waals surface area contributed by atoms with Crippen LogP contribution in [-0.2, 0) is 14.3 Å². The summed E-state index contributed by atoms with van der Waals surface area (Å²) in [5, 5.41) is 5.44. The number of carbonyl (C=O) groups is 3. The zero-order valence-electron chi connectivity index (χ0n) is 16.5. The van der Waals surface area contributed by atoms with Crippen LogP contribution in [0.25, 0.3) is 0 Å². The van der Waals surface area contributed by atoms with E-state index in [0.29, 0.717) is 31.1 Å². The molecule has 31 heavy (non-hydrogen) atoms. The first-order chi connectivity index (χ1) is 15.0. The maximum Gasteiger partial charge on any atom is 0.414 e. The summed E-state index contributed by atoms with van der Waals surface area (Å²) < 4.78 is 11.4. The Bertz CT molecular complexity index is 967. The molecule has 0 aromatic heterocycles. The summed E-state index contributed by atoms with van der Waals surface area (Å²) in [7, 11) is 0. The summed E-state index contributed by atoms with van der Waals surface area (Å²) in [6, 6.07) is 14.0. The average Bonchev–Trinajstić information content (AvgIpc) is 3.15. The van der Waals surface area contributed by atoms with Crippen LogP contribution < -0.4 is 20.4 Å². The first kappa shape index (κ1) is 21.1. The highest BCUT2D eigenvalue weighted by molar-refractivity contribution is 9.10. The quantitative estimate of drug-likeness (QED) is 0.673. The molecule has 1 atom stereocenters. The van der Waals surface area contributed by atoms with Crippen LogP contribution in [0, 0.1) is 0 Å². The van der Waals surface area contributed by atoms with Crippen LogP contribution in [0.3, 0.4) is 0 Å². The highest BCUT2D eigenvalue weighted by Crippen LogP contribution is 2.25. The van der Waals surface area contributed by atoms with Crippen molar-refractivity contribution in [3.8, 4) is 0 Å². The maximum atomic E-state index is 12.3. The first-order valence-corrected chi connectivity index (χ1v) is 10.6. The van der Waals surface area contributed by atoms with Gasteiger partial charge in [-0.15, -0.1) is 0 Å². The number of cyclic esters (lactones) is 1. The van der Waals surface area contributed by atoms with Crippen LogP contribution in [0.1, 0.15) is 0 Å². The van der Waals surface area contributed by atoms with E-state index in [1.54, 1.807) is 41.3 Å². The molecule has 0 bridgehead atoms. The third-order valence-corrected chi connectivity index (χ3v) is 5.45. The van der Waals surface area contributed by atoms with Gasteiger partial charge in [0.1, 0.15) is 12.7 Å². The molecule has 0 unspecified atom stereocenters. The Morgan fingerprint density at radius 3 is 2.39 bits per heavy atom. The molecular weight excluding hydrogens is 468 g/mol. The van der Waals surface area contributed by atoms with E-state index < -0.39 is 12.2 Å². The Hall–Kier alpha value is -3.11. The lowest BCUT2D eigenvalue weighted by molar-refractivity contribution is -0.125. The molecule has 2 aliphatic rings. The zero-order valence-corrected chi connectivity index (χ0v) is 18.1. The molecule has 4 amide bonds. The third kappa shape index (κ3) is 5.15. The van der Waals surface area contributed by atoms with Crippen molar-refractivity contribution < 1.29 is 23.9 Å². The second kappa shape index (κ2) is 9.36. The average molecular weight is 489 g/mol. The van der Waals surface area contributed by atoms with Crippen molar-refractivity contribution in [2.75, 3.05) is 48.0 Å². The number of amides is 4. The van der Waals surface area contributed by atoms with Gasteiger partial charge in [0, 0.05) is 28.1 Å². The second-order valence-electron chi connectivity index (χ2n) is 7.07. The number of hydrogen-bond acceptors (Lipinski definition) is 5. The van der Waals surface area contributed by atoms with E-state index in [4.69, 9.17) is 9.47 Å². The lowest BCUT2D eigenvalue weighted by Gasteiger charge is -2.27. The van der Waals surface area contributed by atoms with Gasteiger partial charge in [-0.2, -0.15) is 0 Å². The number of benzene rings is 2. The highest BCUT2D eigenvalue weighted by atomic mass is 79.9. The first-order valence-electron chi connectivity index (χ1n) is 9.76. The van der Waals surface area contributed by atoms with E-state index in [1.165, 1.54) is 4.90 Å². The minimum Gasteiger partial charge on any atom is -0.442 e. The molecule has 2 fully saturated rings. The van der Waals surface area contributed by atoms with Crippen LogP contribution in [0.15, 0.2) is 53.0 Å². The fraction of sp³-hybridized carbons (Fsp3) is 0.286. The van der Waals surface area contributed by atoms with Gasteiger partial charge in [-0.1, -0.05) is 15.9 Å². The lowest BCUT2D eigenvalue weighted by Crippen LogP contribution is -2.41. The summed E-state index contributed by atoms with van der Waals surface area (Å²) >= 11 is 3.34. The molecule has 0 saturated carbocycles. The van der Waals surface area contributed by atoms with Gasteiger partial charge in [0.2, 0.25) is 0 Å². The van der Waals surface area contributed by atoms with Crippen LogP contribution in [-0.4, -0.2) is 57.0 Å². The highest BCUT2D eigenvalue weighted by Gasteiger charge is 2.32. The van der Waals surface area contributed by atoms with E-state index >= 15 is 0 Å². The molecule has 2 N–H and O–H groups in total. The minimum absolute atomic E-state index is 0.0737. The largest absolute Gasteiger partial charge is 0.442 e. The van der Waals surface area contributed by atoms with Crippen molar-refractivity contribution in [3.05, 3.63) is 53.0 Å².